The molecule has 0 radical (unpaired) electrons. The maximum Gasteiger partial charge on any atom is 0.305 e. The zero-order valence-electron chi connectivity index (χ0n) is 9.24. The molecule has 0 aliphatic carbocycles. The lowest BCUT2D eigenvalue weighted by atomic mass is 9.92. The van der Waals surface area contributed by atoms with Gasteiger partial charge in [0.1, 0.15) is 0 Å². The van der Waals surface area contributed by atoms with Crippen molar-refractivity contribution >= 4 is 5.97 Å². The average Bonchev–Trinajstić information content (AvgIpc) is 2.48. The van der Waals surface area contributed by atoms with E-state index in [9.17, 15) is 4.79 Å². The lowest BCUT2D eigenvalue weighted by Gasteiger charge is -2.13. The molecule has 0 spiro atoms. The average molecular weight is 211 g/mol. The molecule has 0 bridgehead atoms. The Kier molecular flexibility index (Phi) is 3.14. The van der Waals surface area contributed by atoms with Gasteiger partial charge < -0.3 is 10.8 Å². The zero-order chi connectivity index (χ0) is 11.6. The molecule has 15 heavy (non-hydrogen) atoms. The van der Waals surface area contributed by atoms with Crippen LogP contribution in [0.4, 0.5) is 0 Å². The van der Waals surface area contributed by atoms with Gasteiger partial charge in [-0.3, -0.25) is 9.89 Å². The fourth-order valence-electron chi connectivity index (χ4n) is 1.21. The summed E-state index contributed by atoms with van der Waals surface area (Å²) < 4.78 is 0. The smallest absolute Gasteiger partial charge is 0.305 e. The van der Waals surface area contributed by atoms with Crippen LogP contribution in [-0.2, 0) is 10.2 Å². The van der Waals surface area contributed by atoms with Crippen molar-refractivity contribution in [2.24, 2.45) is 5.73 Å². The van der Waals surface area contributed by atoms with Crippen LogP contribution < -0.4 is 5.73 Å². The molecule has 1 rings (SSSR count). The second-order valence-electron chi connectivity index (χ2n) is 4.66. The van der Waals surface area contributed by atoms with Crippen LogP contribution in [0.3, 0.4) is 0 Å². The highest BCUT2D eigenvalue weighted by Gasteiger charge is 2.20. The van der Waals surface area contributed by atoms with Crippen molar-refractivity contribution < 1.29 is 9.90 Å². The van der Waals surface area contributed by atoms with Crippen molar-refractivity contribution in [3.05, 3.63) is 17.5 Å². The van der Waals surface area contributed by atoms with E-state index in [0.29, 0.717) is 5.69 Å². The summed E-state index contributed by atoms with van der Waals surface area (Å²) in [7, 11) is 0. The van der Waals surface area contributed by atoms with E-state index in [1.165, 1.54) is 0 Å². The predicted molar refractivity (Wildman–Crippen MR) is 56.5 cm³/mol. The molecule has 0 saturated heterocycles. The van der Waals surface area contributed by atoms with E-state index in [-0.39, 0.29) is 11.8 Å². The second-order valence-corrected chi connectivity index (χ2v) is 4.66. The Morgan fingerprint density at radius 3 is 2.67 bits per heavy atom. The van der Waals surface area contributed by atoms with Crippen LogP contribution in [0.25, 0.3) is 0 Å². The van der Waals surface area contributed by atoms with E-state index in [2.05, 4.69) is 10.2 Å². The van der Waals surface area contributed by atoms with E-state index in [4.69, 9.17) is 10.8 Å². The van der Waals surface area contributed by atoms with E-state index >= 15 is 0 Å². The molecule has 1 aromatic rings. The largest absolute Gasteiger partial charge is 0.481 e. The molecule has 4 N–H and O–H groups in total. The minimum Gasteiger partial charge on any atom is -0.481 e. The highest BCUT2D eigenvalue weighted by atomic mass is 16.4. The summed E-state index contributed by atoms with van der Waals surface area (Å²) in [6.07, 6.45) is -0.0915. The number of hydrogen-bond acceptors (Lipinski definition) is 3. The first-order valence-electron chi connectivity index (χ1n) is 4.84. The van der Waals surface area contributed by atoms with Crippen LogP contribution in [0.5, 0.6) is 0 Å². The third kappa shape index (κ3) is 3.06. The number of nitrogens with one attached hydrogen (secondary N) is 1. The Labute approximate surface area is 88.7 Å². The maximum absolute atomic E-state index is 10.5. The van der Waals surface area contributed by atoms with Crippen LogP contribution in [0, 0.1) is 0 Å². The number of rotatable bonds is 3. The molecule has 0 amide bonds. The van der Waals surface area contributed by atoms with Crippen LogP contribution in [0.2, 0.25) is 0 Å². The number of carbonyl (C=O) groups is 1. The van der Waals surface area contributed by atoms with Gasteiger partial charge in [-0.15, -0.1) is 0 Å². The fourth-order valence-corrected chi connectivity index (χ4v) is 1.21. The summed E-state index contributed by atoms with van der Waals surface area (Å²) in [5.41, 5.74) is 7.20. The fraction of sp³-hybridized carbons (Fsp3) is 0.600. The number of nitrogens with two attached hydrogens (primary N) is 1. The molecule has 1 heterocycles. The summed E-state index contributed by atoms with van der Waals surface area (Å²) in [5.74, 6) is -0.908. The zero-order valence-corrected chi connectivity index (χ0v) is 9.24. The number of carboxylic acid groups (broad SMARTS) is 1. The Bertz CT molecular complexity index is 352. The van der Waals surface area contributed by atoms with Crippen molar-refractivity contribution in [3.63, 3.8) is 0 Å². The molecule has 1 atom stereocenters. The minimum atomic E-state index is -0.908. The molecule has 1 aromatic heterocycles. The molecule has 0 aromatic carbocycles. The summed E-state index contributed by atoms with van der Waals surface area (Å²) in [6, 6.07) is 1.30. The number of nitrogens with zero attached hydrogens (tertiary/aromatic N) is 1. The molecule has 0 aliphatic rings. The molecule has 0 aliphatic heterocycles. The highest BCUT2D eigenvalue weighted by Crippen LogP contribution is 2.22. The Balaban J connectivity index is 2.80. The number of H-pyrrole nitrogens is 1. The van der Waals surface area contributed by atoms with Gasteiger partial charge in [0, 0.05) is 5.41 Å². The van der Waals surface area contributed by atoms with Gasteiger partial charge in [-0.1, -0.05) is 20.8 Å². The van der Waals surface area contributed by atoms with Crippen molar-refractivity contribution in [1.82, 2.24) is 10.2 Å². The van der Waals surface area contributed by atoms with Gasteiger partial charge >= 0.3 is 5.97 Å². The van der Waals surface area contributed by atoms with Gasteiger partial charge in [0.15, 0.2) is 0 Å². The molecule has 84 valence electrons. The Morgan fingerprint density at radius 1 is 1.67 bits per heavy atom. The summed E-state index contributed by atoms with van der Waals surface area (Å²) >= 11 is 0. The maximum atomic E-state index is 10.5. The lowest BCUT2D eigenvalue weighted by molar-refractivity contribution is -0.137. The number of aromatic nitrogens is 2. The van der Waals surface area contributed by atoms with E-state index < -0.39 is 12.0 Å². The standard InChI is InChI=1S/C10H17N3O2/c1-10(2,3)8-5-7(12-13-8)6(11)4-9(14)15/h5-6H,4,11H2,1-3H3,(H,12,13)(H,14,15). The topological polar surface area (TPSA) is 92.0 Å². The van der Waals surface area contributed by atoms with Gasteiger partial charge in [0.25, 0.3) is 0 Å². The van der Waals surface area contributed by atoms with Gasteiger partial charge in [-0.25, -0.2) is 0 Å². The lowest BCUT2D eigenvalue weighted by Crippen LogP contribution is -2.15. The van der Waals surface area contributed by atoms with Crippen molar-refractivity contribution in [3.8, 4) is 0 Å². The highest BCUT2D eigenvalue weighted by molar-refractivity contribution is 5.67. The third-order valence-electron chi connectivity index (χ3n) is 2.16. The van der Waals surface area contributed by atoms with Gasteiger partial charge in [0.05, 0.1) is 23.9 Å². The summed E-state index contributed by atoms with van der Waals surface area (Å²) in [5, 5.41) is 15.5. The SMILES string of the molecule is CC(C)(C)c1cc(C(N)CC(=O)O)[nH]n1. The van der Waals surface area contributed by atoms with Crippen molar-refractivity contribution in [2.75, 3.05) is 0 Å². The van der Waals surface area contributed by atoms with Crippen LogP contribution >= 0.6 is 0 Å². The van der Waals surface area contributed by atoms with E-state index in [1.807, 2.05) is 26.8 Å². The number of aromatic amines is 1. The first kappa shape index (κ1) is 11.7. The predicted octanol–water partition coefficient (Wildman–Crippen LogP) is 1.18. The molecule has 0 saturated carbocycles. The number of carboxylic acids is 1. The molecule has 0 fully saturated rings. The molecule has 1 unspecified atom stereocenters. The quantitative estimate of drug-likeness (QED) is 0.700. The normalized spacial score (nSPS) is 13.9. The van der Waals surface area contributed by atoms with Gasteiger partial charge in [0.2, 0.25) is 0 Å². The molecular formula is C10H17N3O2. The monoisotopic (exact) mass is 211 g/mol. The minimum absolute atomic E-state index is 0.0578. The van der Waals surface area contributed by atoms with Crippen LogP contribution in [0.15, 0.2) is 6.07 Å². The first-order chi connectivity index (χ1) is 6.80. The molecule has 5 nitrogen and oxygen atoms in total. The van der Waals surface area contributed by atoms with Gasteiger partial charge in [-0.2, -0.15) is 5.10 Å². The van der Waals surface area contributed by atoms with Crippen molar-refractivity contribution in [1.29, 1.82) is 0 Å². The molecule has 5 heteroatoms. The summed E-state index contributed by atoms with van der Waals surface area (Å²) in [4.78, 5) is 10.5. The molecular weight excluding hydrogens is 194 g/mol. The van der Waals surface area contributed by atoms with Crippen LogP contribution in [0.1, 0.15) is 44.6 Å². The number of hydrogen-bond donors (Lipinski definition) is 3. The van der Waals surface area contributed by atoms with E-state index in [1.54, 1.807) is 0 Å². The Morgan fingerprint density at radius 2 is 2.27 bits per heavy atom. The van der Waals surface area contributed by atoms with E-state index in [0.717, 1.165) is 5.69 Å². The van der Waals surface area contributed by atoms with Crippen molar-refractivity contribution in [2.45, 2.75) is 38.6 Å². The first-order valence-corrected chi connectivity index (χ1v) is 4.84. The van der Waals surface area contributed by atoms with Gasteiger partial charge in [-0.05, 0) is 6.07 Å². The Hall–Kier alpha value is -1.36. The third-order valence-corrected chi connectivity index (χ3v) is 2.16. The van der Waals surface area contributed by atoms with Crippen LogP contribution in [-0.4, -0.2) is 21.3 Å². The second kappa shape index (κ2) is 4.02. The number of aliphatic carboxylic acids is 1. The summed E-state index contributed by atoms with van der Waals surface area (Å²) in [6.45, 7) is 6.11.